The van der Waals surface area contributed by atoms with Crippen LogP contribution in [0.3, 0.4) is 0 Å². The van der Waals surface area contributed by atoms with Gasteiger partial charge in [0, 0.05) is 16.3 Å². The Balaban J connectivity index is 1.29. The van der Waals surface area contributed by atoms with Gasteiger partial charge in [0.2, 0.25) is 0 Å². The zero-order valence-corrected chi connectivity index (χ0v) is 27.6. The number of rotatable bonds is 16. The van der Waals surface area contributed by atoms with Crippen molar-refractivity contribution in [3.8, 4) is 0 Å². The number of benzene rings is 4. The quantitative estimate of drug-likeness (QED) is 0.118. The average molecular weight is 650 g/mol. The van der Waals surface area contributed by atoms with Gasteiger partial charge in [-0.15, -0.1) is 11.3 Å². The third-order valence-corrected chi connectivity index (χ3v) is 9.18. The van der Waals surface area contributed by atoms with E-state index in [1.165, 1.54) is 9.75 Å². The fourth-order valence-electron chi connectivity index (χ4n) is 5.75. The lowest BCUT2D eigenvalue weighted by Crippen LogP contribution is -2.65. The predicted molar refractivity (Wildman–Crippen MR) is 186 cm³/mol. The molecule has 1 aliphatic heterocycles. The summed E-state index contributed by atoms with van der Waals surface area (Å²) >= 11 is 1.78. The first-order chi connectivity index (χ1) is 23.2. The van der Waals surface area contributed by atoms with E-state index in [1.54, 1.807) is 11.3 Å². The lowest BCUT2D eigenvalue weighted by atomic mass is 9.95. The van der Waals surface area contributed by atoms with Crippen molar-refractivity contribution in [3.63, 3.8) is 0 Å². The van der Waals surface area contributed by atoms with Crippen molar-refractivity contribution in [2.24, 2.45) is 0 Å². The van der Waals surface area contributed by atoms with E-state index in [4.69, 9.17) is 23.7 Å². The van der Waals surface area contributed by atoms with E-state index < -0.39 is 24.6 Å². The lowest BCUT2D eigenvalue weighted by molar-refractivity contribution is -0.294. The Labute approximate surface area is 282 Å². The highest BCUT2D eigenvalue weighted by molar-refractivity contribution is 7.11. The summed E-state index contributed by atoms with van der Waals surface area (Å²) in [5.41, 5.74) is 4.35. The van der Waals surface area contributed by atoms with Crippen molar-refractivity contribution < 1.29 is 23.7 Å². The molecule has 47 heavy (non-hydrogen) atoms. The molecule has 0 unspecified atom stereocenters. The van der Waals surface area contributed by atoms with Crippen LogP contribution in [0.5, 0.6) is 0 Å². The van der Waals surface area contributed by atoms with Crippen LogP contribution >= 0.6 is 11.3 Å². The van der Waals surface area contributed by atoms with Crippen LogP contribution in [0.1, 0.15) is 32.0 Å². The van der Waals surface area contributed by atoms with Crippen molar-refractivity contribution >= 4 is 11.3 Å². The summed E-state index contributed by atoms with van der Waals surface area (Å²) in [5, 5.41) is 3.77. The van der Waals surface area contributed by atoms with Crippen molar-refractivity contribution in [1.82, 2.24) is 5.32 Å². The fourth-order valence-corrected chi connectivity index (χ4v) is 6.59. The average Bonchev–Trinajstić information content (AvgIpc) is 3.55. The van der Waals surface area contributed by atoms with E-state index in [9.17, 15) is 0 Å². The second-order valence-corrected chi connectivity index (χ2v) is 13.2. The summed E-state index contributed by atoms with van der Waals surface area (Å²) in [5.74, 6) is 0. The van der Waals surface area contributed by atoms with Crippen LogP contribution in [-0.2, 0) is 56.7 Å². The van der Waals surface area contributed by atoms with Gasteiger partial charge in [0.05, 0.1) is 39.1 Å². The third-order valence-electron chi connectivity index (χ3n) is 8.18. The molecule has 6 rings (SSSR count). The van der Waals surface area contributed by atoms with Crippen molar-refractivity contribution in [2.45, 2.75) is 70.5 Å². The Morgan fingerprint density at radius 3 is 1.57 bits per heavy atom. The molecule has 1 N–H and O–H groups in total. The van der Waals surface area contributed by atoms with Gasteiger partial charge in [0.15, 0.2) is 6.29 Å². The molecule has 0 bridgehead atoms. The molecule has 1 aromatic heterocycles. The first-order valence-electron chi connectivity index (χ1n) is 16.2. The van der Waals surface area contributed by atoms with Crippen molar-refractivity contribution in [1.29, 1.82) is 0 Å². The Kier molecular flexibility index (Phi) is 12.4. The van der Waals surface area contributed by atoms with Gasteiger partial charge in [-0.2, -0.15) is 0 Å². The number of aryl methyl sites for hydroxylation is 1. The van der Waals surface area contributed by atoms with Gasteiger partial charge < -0.3 is 29.0 Å². The summed E-state index contributed by atoms with van der Waals surface area (Å²) in [6, 6.07) is 44.8. The summed E-state index contributed by atoms with van der Waals surface area (Å²) < 4.78 is 33.3. The molecule has 244 valence electrons. The Morgan fingerprint density at radius 1 is 0.574 bits per heavy atom. The maximum atomic E-state index is 6.85. The molecule has 7 heteroatoms. The first-order valence-corrected chi connectivity index (χ1v) is 17.1. The van der Waals surface area contributed by atoms with E-state index in [0.29, 0.717) is 39.6 Å². The van der Waals surface area contributed by atoms with Gasteiger partial charge in [-0.05, 0) is 41.3 Å². The second kappa shape index (κ2) is 17.5. The smallest absolute Gasteiger partial charge is 0.176 e. The Bertz CT molecular complexity index is 1580. The van der Waals surface area contributed by atoms with Gasteiger partial charge in [-0.3, -0.25) is 0 Å². The maximum Gasteiger partial charge on any atom is 0.176 e. The minimum atomic E-state index is -0.612. The zero-order valence-electron chi connectivity index (χ0n) is 26.8. The minimum absolute atomic E-state index is 0.321. The zero-order chi connectivity index (χ0) is 32.1. The highest BCUT2D eigenvalue weighted by Crippen LogP contribution is 2.30. The molecule has 6 nitrogen and oxygen atoms in total. The van der Waals surface area contributed by atoms with Crippen LogP contribution in [0, 0.1) is 6.92 Å². The summed E-state index contributed by atoms with van der Waals surface area (Å²) in [4.78, 5) is 2.51. The Morgan fingerprint density at radius 2 is 1.06 bits per heavy atom. The Hall–Kier alpha value is -3.66. The van der Waals surface area contributed by atoms with Crippen molar-refractivity contribution in [3.05, 3.63) is 165 Å². The maximum absolute atomic E-state index is 6.85. The molecular weight excluding hydrogens is 607 g/mol. The molecule has 0 radical (unpaired) electrons. The number of nitrogens with one attached hydrogen (secondary N) is 1. The third kappa shape index (κ3) is 9.92. The monoisotopic (exact) mass is 649 g/mol. The van der Waals surface area contributed by atoms with E-state index >= 15 is 0 Å². The van der Waals surface area contributed by atoms with Gasteiger partial charge >= 0.3 is 0 Å². The van der Waals surface area contributed by atoms with Crippen molar-refractivity contribution in [2.75, 3.05) is 6.61 Å². The molecule has 2 heterocycles. The number of hydrogen-bond acceptors (Lipinski definition) is 7. The molecule has 4 aromatic carbocycles. The minimum Gasteiger partial charge on any atom is -0.374 e. The first kappa shape index (κ1) is 33.2. The number of ether oxygens (including phenoxy) is 5. The molecule has 1 saturated heterocycles. The molecule has 0 amide bonds. The highest BCUT2D eigenvalue weighted by Gasteiger charge is 2.48. The van der Waals surface area contributed by atoms with E-state index in [2.05, 4.69) is 72.9 Å². The summed E-state index contributed by atoms with van der Waals surface area (Å²) in [6.45, 7) is 4.82. The SMILES string of the molecule is Cc1ccc(CN[C@H]2[C@H](OCc3ccccc3)O[C@H](COCc3ccccc3)[C@@H](OCc3ccccc3)[C@@H]2OCc2ccccc2)s1. The fraction of sp³-hybridized carbons (Fsp3) is 0.300. The van der Waals surface area contributed by atoms with Crippen LogP contribution in [0.15, 0.2) is 133 Å². The predicted octanol–water partition coefficient (Wildman–Crippen LogP) is 7.84. The number of thiophene rings is 1. The van der Waals surface area contributed by atoms with Crippen LogP contribution in [0.4, 0.5) is 0 Å². The summed E-state index contributed by atoms with van der Waals surface area (Å²) in [6.07, 6.45) is -1.89. The van der Waals surface area contributed by atoms with Crippen LogP contribution in [0.25, 0.3) is 0 Å². The van der Waals surface area contributed by atoms with Crippen LogP contribution in [-0.4, -0.2) is 37.3 Å². The summed E-state index contributed by atoms with van der Waals surface area (Å²) in [7, 11) is 0. The molecule has 5 atom stereocenters. The second-order valence-electron chi connectivity index (χ2n) is 11.8. The molecule has 0 saturated carbocycles. The topological polar surface area (TPSA) is 58.2 Å². The van der Waals surface area contributed by atoms with Crippen LogP contribution < -0.4 is 5.32 Å². The lowest BCUT2D eigenvalue weighted by Gasteiger charge is -2.46. The van der Waals surface area contributed by atoms with E-state index in [1.807, 2.05) is 72.8 Å². The van der Waals surface area contributed by atoms with Crippen LogP contribution in [0.2, 0.25) is 0 Å². The molecular formula is C40H43NO5S. The molecule has 5 aromatic rings. The standard InChI is InChI=1S/C40H43NO5S/c1-30-22-23-35(47-30)24-41-37-39(44-27-33-18-10-4-11-19-33)38(43-26-32-16-8-3-9-17-32)36(29-42-25-31-14-6-2-7-15-31)46-40(37)45-28-34-20-12-5-13-21-34/h2-23,36-41H,24-29H2,1H3/t36-,37-,38-,39-,40-/m1/s1. The molecule has 0 spiro atoms. The largest absolute Gasteiger partial charge is 0.374 e. The number of hydrogen-bond donors (Lipinski definition) is 1. The normalized spacial score (nSPS) is 21.1. The van der Waals surface area contributed by atoms with Gasteiger partial charge in [0.25, 0.3) is 0 Å². The van der Waals surface area contributed by atoms with E-state index in [-0.39, 0.29) is 6.04 Å². The van der Waals surface area contributed by atoms with Gasteiger partial charge in [-0.25, -0.2) is 0 Å². The van der Waals surface area contributed by atoms with E-state index in [0.717, 1.165) is 22.3 Å². The molecule has 1 aliphatic rings. The van der Waals surface area contributed by atoms with Gasteiger partial charge in [0.1, 0.15) is 18.3 Å². The van der Waals surface area contributed by atoms with Gasteiger partial charge in [-0.1, -0.05) is 121 Å². The highest BCUT2D eigenvalue weighted by atomic mass is 32.1. The molecule has 1 fully saturated rings. The molecule has 0 aliphatic carbocycles.